The summed E-state index contributed by atoms with van der Waals surface area (Å²) in [5.41, 5.74) is 3.03. The molecule has 1 aromatic heterocycles. The van der Waals surface area contributed by atoms with Crippen LogP contribution >= 0.6 is 0 Å². The fourth-order valence-corrected chi connectivity index (χ4v) is 3.46. The maximum absolute atomic E-state index is 5.84. The van der Waals surface area contributed by atoms with Gasteiger partial charge in [0.05, 0.1) is 6.04 Å². The van der Waals surface area contributed by atoms with Gasteiger partial charge in [-0.05, 0) is 31.1 Å². The minimum atomic E-state index is 0.205. The van der Waals surface area contributed by atoms with Crippen molar-refractivity contribution in [3.05, 3.63) is 18.2 Å². The van der Waals surface area contributed by atoms with Crippen molar-refractivity contribution in [2.45, 2.75) is 65.0 Å². The topological polar surface area (TPSA) is 55.9 Å². The Morgan fingerprint density at radius 3 is 3.00 bits per heavy atom. The van der Waals surface area contributed by atoms with Gasteiger partial charge in [0.25, 0.3) is 0 Å². The second-order valence-corrected chi connectivity index (χ2v) is 5.82. The number of hydrazine groups is 1. The van der Waals surface area contributed by atoms with E-state index in [4.69, 9.17) is 5.84 Å². The van der Waals surface area contributed by atoms with E-state index in [-0.39, 0.29) is 6.04 Å². The molecule has 0 aromatic carbocycles. The second-order valence-electron chi connectivity index (χ2n) is 5.82. The summed E-state index contributed by atoms with van der Waals surface area (Å²) in [6, 6.07) is 0.205. The number of hydrogen-bond acceptors (Lipinski definition) is 3. The minimum Gasteiger partial charge on any atom is -0.334 e. The van der Waals surface area contributed by atoms with E-state index in [0.29, 0.717) is 5.92 Å². The van der Waals surface area contributed by atoms with Gasteiger partial charge in [-0.2, -0.15) is 0 Å². The summed E-state index contributed by atoms with van der Waals surface area (Å²) < 4.78 is 2.25. The Labute approximate surface area is 116 Å². The van der Waals surface area contributed by atoms with Crippen LogP contribution in [0.15, 0.2) is 12.4 Å². The first kappa shape index (κ1) is 14.5. The number of nitrogens with two attached hydrogens (primary N) is 1. The van der Waals surface area contributed by atoms with Crippen molar-refractivity contribution < 1.29 is 0 Å². The molecular weight excluding hydrogens is 236 g/mol. The van der Waals surface area contributed by atoms with Crippen LogP contribution in [0.1, 0.15) is 64.2 Å². The molecule has 4 nitrogen and oxygen atoms in total. The van der Waals surface area contributed by atoms with Crippen molar-refractivity contribution in [2.75, 3.05) is 0 Å². The van der Waals surface area contributed by atoms with E-state index in [0.717, 1.165) is 24.7 Å². The molecule has 1 fully saturated rings. The molecule has 0 bridgehead atoms. The summed E-state index contributed by atoms with van der Waals surface area (Å²) in [4.78, 5) is 4.55. The van der Waals surface area contributed by atoms with E-state index in [1.165, 1.54) is 32.1 Å². The van der Waals surface area contributed by atoms with Crippen LogP contribution in [-0.2, 0) is 6.54 Å². The molecule has 0 spiro atoms. The number of imidazole rings is 1. The molecule has 3 atom stereocenters. The number of aromatic nitrogens is 2. The van der Waals surface area contributed by atoms with E-state index < -0.39 is 0 Å². The Morgan fingerprint density at radius 1 is 1.47 bits per heavy atom. The van der Waals surface area contributed by atoms with E-state index in [1.807, 2.05) is 6.20 Å². The fourth-order valence-electron chi connectivity index (χ4n) is 3.46. The number of rotatable bonds is 6. The zero-order valence-electron chi connectivity index (χ0n) is 12.3. The van der Waals surface area contributed by atoms with Crippen molar-refractivity contribution in [1.82, 2.24) is 15.0 Å². The first-order valence-corrected chi connectivity index (χ1v) is 7.77. The molecule has 19 heavy (non-hydrogen) atoms. The van der Waals surface area contributed by atoms with E-state index >= 15 is 0 Å². The largest absolute Gasteiger partial charge is 0.334 e. The molecule has 3 N–H and O–H groups in total. The molecule has 1 aromatic rings. The predicted octanol–water partition coefficient (Wildman–Crippen LogP) is 3.01. The molecule has 4 heteroatoms. The van der Waals surface area contributed by atoms with Gasteiger partial charge in [0.15, 0.2) is 0 Å². The highest BCUT2D eigenvalue weighted by molar-refractivity contribution is 5.02. The maximum Gasteiger partial charge on any atom is 0.127 e. The monoisotopic (exact) mass is 264 g/mol. The lowest BCUT2D eigenvalue weighted by atomic mass is 9.76. The Kier molecular flexibility index (Phi) is 5.40. The van der Waals surface area contributed by atoms with Gasteiger partial charge in [-0.1, -0.05) is 33.1 Å². The van der Waals surface area contributed by atoms with E-state index in [1.54, 1.807) is 0 Å². The SMILES string of the molecule is CCCn1ccnc1C(NN)C1CCCC(CC)C1. The zero-order valence-corrected chi connectivity index (χ0v) is 12.3. The summed E-state index contributed by atoms with van der Waals surface area (Å²) >= 11 is 0. The van der Waals surface area contributed by atoms with Gasteiger partial charge in [-0.15, -0.1) is 0 Å². The van der Waals surface area contributed by atoms with Gasteiger partial charge in [0, 0.05) is 18.9 Å². The van der Waals surface area contributed by atoms with Crippen LogP contribution in [0, 0.1) is 11.8 Å². The highest BCUT2D eigenvalue weighted by atomic mass is 15.3. The Balaban J connectivity index is 2.12. The van der Waals surface area contributed by atoms with Crippen molar-refractivity contribution in [3.63, 3.8) is 0 Å². The van der Waals surface area contributed by atoms with Crippen molar-refractivity contribution >= 4 is 0 Å². The van der Waals surface area contributed by atoms with Gasteiger partial charge >= 0.3 is 0 Å². The molecule has 0 saturated heterocycles. The lowest BCUT2D eigenvalue weighted by Crippen LogP contribution is -2.37. The average Bonchev–Trinajstić information content (AvgIpc) is 2.89. The third-order valence-corrected chi connectivity index (χ3v) is 4.54. The van der Waals surface area contributed by atoms with Crippen LogP contribution in [-0.4, -0.2) is 9.55 Å². The van der Waals surface area contributed by atoms with Crippen molar-refractivity contribution in [1.29, 1.82) is 0 Å². The highest BCUT2D eigenvalue weighted by Crippen LogP contribution is 2.37. The quantitative estimate of drug-likeness (QED) is 0.613. The number of nitrogens with zero attached hydrogens (tertiary/aromatic N) is 2. The van der Waals surface area contributed by atoms with Gasteiger partial charge < -0.3 is 4.57 Å². The van der Waals surface area contributed by atoms with Crippen molar-refractivity contribution in [2.24, 2.45) is 17.7 Å². The summed E-state index contributed by atoms with van der Waals surface area (Å²) in [5.74, 6) is 8.45. The summed E-state index contributed by atoms with van der Waals surface area (Å²) in [7, 11) is 0. The molecule has 0 amide bonds. The first-order chi connectivity index (χ1) is 9.30. The molecule has 1 aliphatic carbocycles. The van der Waals surface area contributed by atoms with Crippen LogP contribution in [0.5, 0.6) is 0 Å². The van der Waals surface area contributed by atoms with E-state index in [2.05, 4.69) is 35.0 Å². The van der Waals surface area contributed by atoms with Crippen LogP contribution in [0.3, 0.4) is 0 Å². The predicted molar refractivity (Wildman–Crippen MR) is 78.3 cm³/mol. The van der Waals surface area contributed by atoms with Crippen molar-refractivity contribution in [3.8, 4) is 0 Å². The molecule has 0 aliphatic heterocycles. The first-order valence-electron chi connectivity index (χ1n) is 7.77. The summed E-state index contributed by atoms with van der Waals surface area (Å²) in [6.45, 7) is 5.52. The molecule has 3 unspecified atom stereocenters. The molecular formula is C15H28N4. The number of aryl methyl sites for hydroxylation is 1. The van der Waals surface area contributed by atoms with Crippen LogP contribution in [0.25, 0.3) is 0 Å². The Morgan fingerprint density at radius 2 is 2.32 bits per heavy atom. The van der Waals surface area contributed by atoms with E-state index in [9.17, 15) is 0 Å². The van der Waals surface area contributed by atoms with Crippen LogP contribution in [0.4, 0.5) is 0 Å². The summed E-state index contributed by atoms with van der Waals surface area (Å²) in [5, 5.41) is 0. The van der Waals surface area contributed by atoms with Gasteiger partial charge in [-0.25, -0.2) is 10.4 Å². The molecule has 2 rings (SSSR count). The molecule has 1 aliphatic rings. The second kappa shape index (κ2) is 7.06. The lowest BCUT2D eigenvalue weighted by Gasteiger charge is -2.33. The smallest absolute Gasteiger partial charge is 0.127 e. The maximum atomic E-state index is 5.84. The lowest BCUT2D eigenvalue weighted by molar-refractivity contribution is 0.202. The standard InChI is InChI=1S/C15H28N4/c1-3-9-19-10-8-17-15(19)14(18-16)13-7-5-6-12(4-2)11-13/h8,10,12-14,18H,3-7,9,11,16H2,1-2H3. The van der Waals surface area contributed by atoms with Gasteiger partial charge in [0.1, 0.15) is 5.82 Å². The molecule has 108 valence electrons. The third-order valence-electron chi connectivity index (χ3n) is 4.54. The fraction of sp³-hybridized carbons (Fsp3) is 0.800. The third kappa shape index (κ3) is 3.37. The molecule has 0 radical (unpaired) electrons. The van der Waals surface area contributed by atoms with Crippen LogP contribution in [0.2, 0.25) is 0 Å². The number of hydrogen-bond donors (Lipinski definition) is 2. The zero-order chi connectivity index (χ0) is 13.7. The van der Waals surface area contributed by atoms with Crippen LogP contribution < -0.4 is 11.3 Å². The highest BCUT2D eigenvalue weighted by Gasteiger charge is 2.30. The van der Waals surface area contributed by atoms with Gasteiger partial charge in [-0.3, -0.25) is 5.84 Å². The molecule has 1 saturated carbocycles. The Bertz CT molecular complexity index is 374. The normalized spacial score (nSPS) is 25.4. The number of nitrogens with one attached hydrogen (secondary N) is 1. The Hall–Kier alpha value is -0.870. The van der Waals surface area contributed by atoms with Gasteiger partial charge in [0.2, 0.25) is 0 Å². The minimum absolute atomic E-state index is 0.205. The molecule has 1 heterocycles. The average molecular weight is 264 g/mol. The summed E-state index contributed by atoms with van der Waals surface area (Å²) in [6.07, 6.45) is 11.6.